The van der Waals surface area contributed by atoms with Crippen molar-refractivity contribution in [3.05, 3.63) is 35.0 Å². The summed E-state index contributed by atoms with van der Waals surface area (Å²) in [7, 11) is 0. The molecule has 0 amide bonds. The average molecular weight is 354 g/mol. The van der Waals surface area contributed by atoms with Gasteiger partial charge in [0.25, 0.3) is 0 Å². The summed E-state index contributed by atoms with van der Waals surface area (Å²) in [5.41, 5.74) is 5.25. The van der Waals surface area contributed by atoms with Crippen LogP contribution in [0.15, 0.2) is 18.2 Å². The van der Waals surface area contributed by atoms with Crippen LogP contribution in [0.1, 0.15) is 49.9 Å². The summed E-state index contributed by atoms with van der Waals surface area (Å²) in [5.74, 6) is 0.438. The molecule has 1 atom stereocenters. The number of hydrogen-bond donors (Lipinski definition) is 0. The Balaban J connectivity index is 1.65. The van der Waals surface area contributed by atoms with Crippen molar-refractivity contribution in [3.8, 4) is 0 Å². The second kappa shape index (κ2) is 7.07. The first-order chi connectivity index (χ1) is 12.5. The highest BCUT2D eigenvalue weighted by Crippen LogP contribution is 2.36. The van der Waals surface area contributed by atoms with Gasteiger partial charge in [0.05, 0.1) is 6.61 Å². The van der Waals surface area contributed by atoms with Gasteiger partial charge in [-0.15, -0.1) is 0 Å². The standard InChI is InChI=1S/C22H30N2O2/c1-15(2)8-10-26-22(25)14-24-20-7-6-16(3)11-18(20)19-12-17-5-4-9-23(17)13-21(19)24/h6-7,11,15,17H,4-5,8-10,12-14H2,1-3H3. The van der Waals surface area contributed by atoms with E-state index in [2.05, 4.69) is 48.4 Å². The zero-order valence-corrected chi connectivity index (χ0v) is 16.3. The highest BCUT2D eigenvalue weighted by molar-refractivity contribution is 5.88. The van der Waals surface area contributed by atoms with E-state index in [1.165, 1.54) is 47.1 Å². The maximum Gasteiger partial charge on any atom is 0.325 e. The van der Waals surface area contributed by atoms with Crippen LogP contribution in [-0.2, 0) is 29.0 Å². The summed E-state index contributed by atoms with van der Waals surface area (Å²) in [6.45, 7) is 9.44. The monoisotopic (exact) mass is 354 g/mol. The van der Waals surface area contributed by atoms with Crippen LogP contribution in [-0.4, -0.2) is 34.6 Å². The van der Waals surface area contributed by atoms with E-state index in [4.69, 9.17) is 4.74 Å². The molecule has 1 aromatic heterocycles. The zero-order chi connectivity index (χ0) is 18.3. The summed E-state index contributed by atoms with van der Waals surface area (Å²) < 4.78 is 7.72. The summed E-state index contributed by atoms with van der Waals surface area (Å²) in [6, 6.07) is 7.30. The molecule has 4 heteroatoms. The number of carbonyl (C=O) groups is 1. The van der Waals surface area contributed by atoms with Crippen molar-refractivity contribution in [2.24, 2.45) is 5.92 Å². The van der Waals surface area contributed by atoms with Gasteiger partial charge in [-0.25, -0.2) is 0 Å². The molecular weight excluding hydrogens is 324 g/mol. The van der Waals surface area contributed by atoms with Crippen LogP contribution in [0.4, 0.5) is 0 Å². The third-order valence-electron chi connectivity index (χ3n) is 5.98. The number of carbonyl (C=O) groups excluding carboxylic acids is 1. The molecule has 0 saturated carbocycles. The molecule has 3 heterocycles. The molecule has 2 aliphatic rings. The Bertz CT molecular complexity index is 821. The van der Waals surface area contributed by atoms with Gasteiger partial charge in [-0.2, -0.15) is 0 Å². The lowest BCUT2D eigenvalue weighted by molar-refractivity contribution is -0.144. The predicted octanol–water partition coefficient (Wildman–Crippen LogP) is 4.06. The van der Waals surface area contributed by atoms with E-state index < -0.39 is 0 Å². The average Bonchev–Trinajstić information content (AvgIpc) is 3.16. The van der Waals surface area contributed by atoms with Crippen LogP contribution in [0.2, 0.25) is 0 Å². The first-order valence-electron chi connectivity index (χ1n) is 10.0. The van der Waals surface area contributed by atoms with Crippen molar-refractivity contribution >= 4 is 16.9 Å². The highest BCUT2D eigenvalue weighted by Gasteiger charge is 2.33. The van der Waals surface area contributed by atoms with Gasteiger partial charge in [-0.3, -0.25) is 9.69 Å². The molecule has 0 spiro atoms. The van der Waals surface area contributed by atoms with Gasteiger partial charge < -0.3 is 9.30 Å². The fourth-order valence-corrected chi connectivity index (χ4v) is 4.53. The Morgan fingerprint density at radius 2 is 2.19 bits per heavy atom. The maximum absolute atomic E-state index is 12.5. The number of nitrogens with zero attached hydrogens (tertiary/aromatic N) is 2. The summed E-state index contributed by atoms with van der Waals surface area (Å²) in [6.07, 6.45) is 4.63. The minimum absolute atomic E-state index is 0.116. The number of rotatable bonds is 5. The van der Waals surface area contributed by atoms with E-state index in [1.807, 2.05) is 0 Å². The third kappa shape index (κ3) is 3.27. The lowest BCUT2D eigenvalue weighted by Crippen LogP contribution is -2.36. The Labute approximate surface area is 156 Å². The van der Waals surface area contributed by atoms with Gasteiger partial charge >= 0.3 is 5.97 Å². The molecule has 26 heavy (non-hydrogen) atoms. The fraction of sp³-hybridized carbons (Fsp3) is 0.591. The minimum atomic E-state index is -0.116. The number of aromatic nitrogens is 1. The fourth-order valence-electron chi connectivity index (χ4n) is 4.53. The molecule has 1 aromatic carbocycles. The molecule has 4 nitrogen and oxygen atoms in total. The maximum atomic E-state index is 12.5. The molecule has 2 aromatic rings. The molecule has 140 valence electrons. The van der Waals surface area contributed by atoms with Crippen molar-refractivity contribution in [1.29, 1.82) is 0 Å². The second-order valence-electron chi connectivity index (χ2n) is 8.41. The lowest BCUT2D eigenvalue weighted by atomic mass is 9.96. The Hall–Kier alpha value is -1.81. The summed E-state index contributed by atoms with van der Waals surface area (Å²) >= 11 is 0. The molecule has 0 bridgehead atoms. The van der Waals surface area contributed by atoms with E-state index in [0.29, 0.717) is 25.1 Å². The molecule has 4 rings (SSSR count). The lowest BCUT2D eigenvalue weighted by Gasteiger charge is -2.30. The first-order valence-corrected chi connectivity index (χ1v) is 10.0. The van der Waals surface area contributed by atoms with Crippen LogP contribution in [0.5, 0.6) is 0 Å². The SMILES string of the molecule is Cc1ccc2c(c1)c1c(n2CC(=O)OCCC(C)C)CN2CCCC2C1. The van der Waals surface area contributed by atoms with E-state index >= 15 is 0 Å². The topological polar surface area (TPSA) is 34.5 Å². The minimum Gasteiger partial charge on any atom is -0.464 e. The molecular formula is C22H30N2O2. The number of esters is 1. The summed E-state index contributed by atoms with van der Waals surface area (Å²) in [5, 5.41) is 1.33. The van der Waals surface area contributed by atoms with Gasteiger partial charge in [0.1, 0.15) is 6.54 Å². The predicted molar refractivity (Wildman–Crippen MR) is 104 cm³/mol. The third-order valence-corrected chi connectivity index (χ3v) is 5.98. The van der Waals surface area contributed by atoms with Gasteiger partial charge in [0, 0.05) is 29.2 Å². The molecule has 0 radical (unpaired) electrons. The molecule has 1 saturated heterocycles. The molecule has 0 aliphatic carbocycles. The van der Waals surface area contributed by atoms with E-state index in [0.717, 1.165) is 19.4 Å². The van der Waals surface area contributed by atoms with Crippen molar-refractivity contribution < 1.29 is 9.53 Å². The largest absolute Gasteiger partial charge is 0.464 e. The van der Waals surface area contributed by atoms with Crippen molar-refractivity contribution in [2.45, 2.75) is 65.6 Å². The van der Waals surface area contributed by atoms with Crippen LogP contribution < -0.4 is 0 Å². The van der Waals surface area contributed by atoms with E-state index in [-0.39, 0.29) is 5.97 Å². The molecule has 1 unspecified atom stereocenters. The van der Waals surface area contributed by atoms with Crippen LogP contribution in [0, 0.1) is 12.8 Å². The highest BCUT2D eigenvalue weighted by atomic mass is 16.5. The second-order valence-corrected chi connectivity index (χ2v) is 8.41. The Morgan fingerprint density at radius 3 is 3.00 bits per heavy atom. The van der Waals surface area contributed by atoms with Crippen LogP contribution in [0.25, 0.3) is 10.9 Å². The molecule has 0 N–H and O–H groups in total. The number of fused-ring (bicyclic) bond motifs is 4. The normalized spacial score (nSPS) is 19.8. The zero-order valence-electron chi connectivity index (χ0n) is 16.3. The Kier molecular flexibility index (Phi) is 4.78. The van der Waals surface area contributed by atoms with E-state index in [9.17, 15) is 4.79 Å². The quantitative estimate of drug-likeness (QED) is 0.760. The number of aryl methyl sites for hydroxylation is 1. The van der Waals surface area contributed by atoms with Gasteiger partial charge in [0.2, 0.25) is 0 Å². The van der Waals surface area contributed by atoms with Gasteiger partial charge in [0.15, 0.2) is 0 Å². The molecule has 2 aliphatic heterocycles. The van der Waals surface area contributed by atoms with Crippen molar-refractivity contribution in [2.75, 3.05) is 13.2 Å². The Morgan fingerprint density at radius 1 is 1.35 bits per heavy atom. The van der Waals surface area contributed by atoms with Gasteiger partial charge in [-0.05, 0) is 62.8 Å². The number of hydrogen-bond acceptors (Lipinski definition) is 3. The van der Waals surface area contributed by atoms with Crippen molar-refractivity contribution in [3.63, 3.8) is 0 Å². The number of ether oxygens (including phenoxy) is 1. The van der Waals surface area contributed by atoms with Crippen LogP contribution >= 0.6 is 0 Å². The van der Waals surface area contributed by atoms with Crippen molar-refractivity contribution in [1.82, 2.24) is 9.47 Å². The van der Waals surface area contributed by atoms with Gasteiger partial charge in [-0.1, -0.05) is 25.5 Å². The van der Waals surface area contributed by atoms with E-state index in [1.54, 1.807) is 0 Å². The number of benzene rings is 1. The smallest absolute Gasteiger partial charge is 0.325 e. The molecule has 1 fully saturated rings. The summed E-state index contributed by atoms with van der Waals surface area (Å²) in [4.78, 5) is 15.1. The van der Waals surface area contributed by atoms with Crippen LogP contribution in [0.3, 0.4) is 0 Å². The first kappa shape index (κ1) is 17.6.